The van der Waals surface area contributed by atoms with Crippen LogP contribution in [0.25, 0.3) is 21.9 Å². The van der Waals surface area contributed by atoms with Crippen LogP contribution in [0.5, 0.6) is 5.75 Å². The molecule has 0 fully saturated rings. The zero-order chi connectivity index (χ0) is 21.6. The molecule has 0 bridgehead atoms. The molecule has 0 aliphatic carbocycles. The first-order chi connectivity index (χ1) is 13.4. The summed E-state index contributed by atoms with van der Waals surface area (Å²) in [6, 6.07) is 7.98. The fourth-order valence-electron chi connectivity index (χ4n) is 2.75. The number of fused-ring (bicyclic) bond motifs is 1. The van der Waals surface area contributed by atoms with Gasteiger partial charge in [0.1, 0.15) is 11.6 Å². The molecule has 154 valence electrons. The highest BCUT2D eigenvalue weighted by Crippen LogP contribution is 2.35. The van der Waals surface area contributed by atoms with Crippen molar-refractivity contribution >= 4 is 20.9 Å². The van der Waals surface area contributed by atoms with Crippen molar-refractivity contribution in [1.29, 1.82) is 0 Å². The van der Waals surface area contributed by atoms with Crippen LogP contribution in [0.1, 0.15) is 12.5 Å². The highest BCUT2D eigenvalue weighted by Gasteiger charge is 2.49. The number of hydrogen-bond donors (Lipinski definition) is 0. The third kappa shape index (κ3) is 3.89. The average molecular weight is 434 g/mol. The summed E-state index contributed by atoms with van der Waals surface area (Å²) >= 11 is 0. The molecule has 0 spiro atoms. The van der Waals surface area contributed by atoms with Gasteiger partial charge in [-0.05, 0) is 47.2 Å². The maximum Gasteiger partial charge on any atom is 0.534 e. The summed E-state index contributed by atoms with van der Waals surface area (Å²) in [6.45, 7) is 1.82. The van der Waals surface area contributed by atoms with E-state index in [9.17, 15) is 34.8 Å². The monoisotopic (exact) mass is 434 g/mol. The van der Waals surface area contributed by atoms with Gasteiger partial charge in [-0.1, -0.05) is 25.1 Å². The predicted octanol–water partition coefficient (Wildman–Crippen LogP) is 5.71. The predicted molar refractivity (Wildman–Crippen MR) is 94.2 cm³/mol. The zero-order valence-corrected chi connectivity index (χ0v) is 15.5. The van der Waals surface area contributed by atoms with Crippen molar-refractivity contribution in [1.82, 2.24) is 0 Å². The normalized spacial score (nSPS) is 12.4. The van der Waals surface area contributed by atoms with Crippen molar-refractivity contribution in [2.75, 3.05) is 0 Å². The molecule has 0 heterocycles. The molecule has 3 aromatic carbocycles. The smallest absolute Gasteiger partial charge is 0.373 e. The van der Waals surface area contributed by atoms with E-state index in [-0.39, 0.29) is 16.5 Å². The van der Waals surface area contributed by atoms with Crippen LogP contribution < -0.4 is 4.18 Å². The lowest BCUT2D eigenvalue weighted by Gasteiger charge is -2.13. The number of alkyl halides is 3. The second-order valence-electron chi connectivity index (χ2n) is 6.08. The van der Waals surface area contributed by atoms with Crippen LogP contribution in [-0.2, 0) is 16.5 Å². The summed E-state index contributed by atoms with van der Waals surface area (Å²) in [5.41, 5.74) is -4.94. The van der Waals surface area contributed by atoms with Gasteiger partial charge in [0, 0.05) is 5.56 Å². The minimum absolute atomic E-state index is 0.0448. The van der Waals surface area contributed by atoms with Gasteiger partial charge in [0.2, 0.25) is 0 Å². The Morgan fingerprint density at radius 2 is 1.62 bits per heavy atom. The van der Waals surface area contributed by atoms with Crippen molar-refractivity contribution in [3.05, 3.63) is 65.5 Å². The summed E-state index contributed by atoms with van der Waals surface area (Å²) in [5, 5.41) is -0.901. The van der Waals surface area contributed by atoms with E-state index in [1.165, 1.54) is 18.2 Å². The minimum atomic E-state index is -6.13. The number of rotatable bonds is 4. The molecule has 3 aromatic rings. The Morgan fingerprint density at radius 1 is 0.931 bits per heavy atom. The maximum atomic E-state index is 14.5. The van der Waals surface area contributed by atoms with Crippen molar-refractivity contribution in [3.8, 4) is 16.9 Å². The lowest BCUT2D eigenvalue weighted by molar-refractivity contribution is -0.0500. The first kappa shape index (κ1) is 21.0. The minimum Gasteiger partial charge on any atom is -0.373 e. The number of aryl methyl sites for hydroxylation is 1. The molecular weight excluding hydrogens is 422 g/mol. The fraction of sp³-hybridized carbons (Fsp3) is 0.158. The van der Waals surface area contributed by atoms with Gasteiger partial charge < -0.3 is 4.18 Å². The van der Waals surface area contributed by atoms with Crippen LogP contribution in [0.4, 0.5) is 26.3 Å². The molecule has 0 N–H and O–H groups in total. The molecule has 0 amide bonds. The van der Waals surface area contributed by atoms with E-state index in [1.54, 1.807) is 6.07 Å². The second-order valence-corrected chi connectivity index (χ2v) is 7.62. The third-order valence-corrected chi connectivity index (χ3v) is 5.17. The van der Waals surface area contributed by atoms with Crippen LogP contribution >= 0.6 is 0 Å². The molecule has 0 aliphatic rings. The quantitative estimate of drug-likeness (QED) is 0.300. The lowest BCUT2D eigenvalue weighted by atomic mass is 9.98. The van der Waals surface area contributed by atoms with Crippen LogP contribution in [-0.4, -0.2) is 13.9 Å². The van der Waals surface area contributed by atoms with Gasteiger partial charge in [-0.15, -0.1) is 0 Å². The fourth-order valence-corrected chi connectivity index (χ4v) is 3.21. The van der Waals surface area contributed by atoms with E-state index >= 15 is 0 Å². The summed E-state index contributed by atoms with van der Waals surface area (Å²) in [7, 11) is -6.13. The Kier molecular flexibility index (Phi) is 5.24. The highest BCUT2D eigenvalue weighted by molar-refractivity contribution is 7.88. The van der Waals surface area contributed by atoms with Gasteiger partial charge >= 0.3 is 15.6 Å². The van der Waals surface area contributed by atoms with Crippen molar-refractivity contribution < 1.29 is 38.9 Å². The topological polar surface area (TPSA) is 43.4 Å². The summed E-state index contributed by atoms with van der Waals surface area (Å²) in [5.74, 6) is -4.77. The third-order valence-electron chi connectivity index (χ3n) is 4.21. The van der Waals surface area contributed by atoms with Crippen molar-refractivity contribution in [2.45, 2.75) is 18.9 Å². The van der Waals surface area contributed by atoms with E-state index in [0.717, 1.165) is 12.1 Å². The number of halogens is 6. The number of benzene rings is 3. The van der Waals surface area contributed by atoms with Gasteiger partial charge in [-0.3, -0.25) is 0 Å². The van der Waals surface area contributed by atoms with Crippen molar-refractivity contribution in [2.24, 2.45) is 0 Å². The molecule has 29 heavy (non-hydrogen) atoms. The molecule has 0 radical (unpaired) electrons. The first-order valence-corrected chi connectivity index (χ1v) is 9.56. The van der Waals surface area contributed by atoms with Gasteiger partial charge in [0.25, 0.3) is 0 Å². The molecule has 0 saturated carbocycles. The second kappa shape index (κ2) is 7.25. The first-order valence-electron chi connectivity index (χ1n) is 8.16. The molecular formula is C19H12F6O3S. The molecule has 0 unspecified atom stereocenters. The highest BCUT2D eigenvalue weighted by atomic mass is 32.2. The zero-order valence-electron chi connectivity index (χ0n) is 14.6. The molecule has 0 aliphatic heterocycles. The molecule has 0 atom stereocenters. The summed E-state index contributed by atoms with van der Waals surface area (Å²) < 4.78 is 107. The standard InChI is InChI=1S/C19H12F6O3S/c1-2-10-3-5-13(14(20)7-10)12-8-11-4-6-16(18(22)17(11)15(21)9-12)28-29(26,27)19(23,24)25/h3-9H,2H2,1H3. The van der Waals surface area contributed by atoms with E-state index in [0.29, 0.717) is 18.1 Å². The van der Waals surface area contributed by atoms with Crippen LogP contribution in [0.15, 0.2) is 42.5 Å². The van der Waals surface area contributed by atoms with Gasteiger partial charge in [0.05, 0.1) is 5.39 Å². The largest absolute Gasteiger partial charge is 0.534 e. The Balaban J connectivity index is 2.12. The van der Waals surface area contributed by atoms with Crippen LogP contribution in [0.2, 0.25) is 0 Å². The number of hydrogen-bond acceptors (Lipinski definition) is 3. The molecule has 0 aromatic heterocycles. The average Bonchev–Trinajstić information content (AvgIpc) is 2.62. The molecule has 10 heteroatoms. The van der Waals surface area contributed by atoms with Crippen LogP contribution in [0.3, 0.4) is 0 Å². The van der Waals surface area contributed by atoms with E-state index in [2.05, 4.69) is 4.18 Å². The summed E-state index contributed by atoms with van der Waals surface area (Å²) in [6.07, 6.45) is 0.581. The molecule has 0 saturated heterocycles. The van der Waals surface area contributed by atoms with E-state index < -0.39 is 44.2 Å². The lowest BCUT2D eigenvalue weighted by Crippen LogP contribution is -2.28. The Hall–Kier alpha value is -2.75. The molecule has 3 rings (SSSR count). The van der Waals surface area contributed by atoms with Gasteiger partial charge in [0.15, 0.2) is 11.6 Å². The van der Waals surface area contributed by atoms with Gasteiger partial charge in [-0.25, -0.2) is 13.2 Å². The Morgan fingerprint density at radius 3 is 2.21 bits per heavy atom. The van der Waals surface area contributed by atoms with Gasteiger partial charge in [-0.2, -0.15) is 21.6 Å². The Labute approximate surface area is 161 Å². The van der Waals surface area contributed by atoms with E-state index in [4.69, 9.17) is 0 Å². The SMILES string of the molecule is CCc1ccc(-c2cc(F)c3c(F)c(OS(=O)(=O)C(F)(F)F)ccc3c2)c(F)c1. The summed E-state index contributed by atoms with van der Waals surface area (Å²) in [4.78, 5) is 0. The van der Waals surface area contributed by atoms with Crippen LogP contribution in [0, 0.1) is 17.5 Å². The molecule has 3 nitrogen and oxygen atoms in total. The maximum absolute atomic E-state index is 14.5. The van der Waals surface area contributed by atoms with E-state index in [1.807, 2.05) is 6.92 Å². The Bertz CT molecular complexity index is 1200. The van der Waals surface area contributed by atoms with Crippen molar-refractivity contribution in [3.63, 3.8) is 0 Å².